The highest BCUT2D eigenvalue weighted by Gasteiger charge is 2.72. The maximum Gasteiger partial charge on any atom is 0.338 e. The first kappa shape index (κ1) is 17.5. The smallest absolute Gasteiger partial charge is 0.338 e. The molecule has 1 aromatic carbocycles. The molecule has 5 atom stereocenters. The first-order chi connectivity index (χ1) is 13.5. The Morgan fingerprint density at radius 2 is 2.11 bits per heavy atom. The summed E-state index contributed by atoms with van der Waals surface area (Å²) in [5.41, 5.74) is 0.941. The summed E-state index contributed by atoms with van der Waals surface area (Å²) in [6.07, 6.45) is 1.03. The molecule has 0 radical (unpaired) electrons. The molecule has 3 heterocycles. The maximum atomic E-state index is 12.5. The van der Waals surface area contributed by atoms with Gasteiger partial charge in [-0.15, -0.1) is 0 Å². The molecule has 1 saturated carbocycles. The van der Waals surface area contributed by atoms with E-state index >= 15 is 0 Å². The van der Waals surface area contributed by atoms with Crippen molar-refractivity contribution in [2.75, 3.05) is 0 Å². The van der Waals surface area contributed by atoms with E-state index in [9.17, 15) is 9.90 Å². The number of ether oxygens (including phenoxy) is 2. The summed E-state index contributed by atoms with van der Waals surface area (Å²) in [5, 5.41) is 10.9. The van der Waals surface area contributed by atoms with E-state index in [-0.39, 0.29) is 17.2 Å². The molecule has 1 aliphatic heterocycles. The number of benzene rings is 1. The number of esters is 1. The number of aliphatic hydroxyl groups excluding tert-OH is 1. The molecule has 0 amide bonds. The van der Waals surface area contributed by atoms with Gasteiger partial charge < -0.3 is 19.1 Å². The van der Waals surface area contributed by atoms with E-state index in [1.165, 1.54) is 6.33 Å². The Bertz CT molecular complexity index is 1060. The normalized spacial score (nSPS) is 31.0. The Morgan fingerprint density at radius 1 is 1.32 bits per heavy atom. The fraction of sp³-hybridized carbons (Fsp3) is 0.368. The second kappa shape index (κ2) is 6.23. The quantitative estimate of drug-likeness (QED) is 0.405. The van der Waals surface area contributed by atoms with E-state index in [1.54, 1.807) is 30.6 Å². The lowest BCUT2D eigenvalue weighted by Gasteiger charge is -2.27. The third kappa shape index (κ3) is 2.60. The van der Waals surface area contributed by atoms with Crippen molar-refractivity contribution in [2.45, 2.75) is 37.4 Å². The molecule has 28 heavy (non-hydrogen) atoms. The second-order valence-corrected chi connectivity index (χ2v) is 7.65. The zero-order valence-electron chi connectivity index (χ0n) is 14.9. The van der Waals surface area contributed by atoms with Crippen LogP contribution >= 0.6 is 11.6 Å². The van der Waals surface area contributed by atoms with Gasteiger partial charge in [0.25, 0.3) is 0 Å². The van der Waals surface area contributed by atoms with E-state index < -0.39 is 23.8 Å². The number of nitrogens with zero attached hydrogens (tertiary/aromatic N) is 4. The topological polar surface area (TPSA) is 103 Å². The van der Waals surface area contributed by atoms with Crippen LogP contribution in [0.3, 0.4) is 0 Å². The number of rotatable bonds is 4. The lowest BCUT2D eigenvalue weighted by atomic mass is 9.94. The number of hydrogen-bond acceptors (Lipinski definition) is 7. The molecule has 0 bridgehead atoms. The zero-order valence-corrected chi connectivity index (χ0v) is 15.7. The average Bonchev–Trinajstić information content (AvgIpc) is 3.15. The van der Waals surface area contributed by atoms with Crippen LogP contribution in [0.5, 0.6) is 0 Å². The summed E-state index contributed by atoms with van der Waals surface area (Å²) in [6, 6.07) is 8.72. The summed E-state index contributed by atoms with van der Waals surface area (Å²) < 4.78 is 13.3. The standard InChI is InChI=1S/C19H17ClN4O4/c1-19-11(7-24-9-23-12-16(20)21-8-22-17(12)24)14(13(25)15(19)28-19)27-18(26)10-5-3-2-4-6-10/h2-6,8-9,11,13-15,25H,7H2,1H3/t11-,13-,14-,15-,19+/m0/s1. The van der Waals surface area contributed by atoms with Gasteiger partial charge in [-0.3, -0.25) is 0 Å². The minimum atomic E-state index is -0.893. The maximum absolute atomic E-state index is 12.5. The molecule has 1 aliphatic carbocycles. The molecule has 5 rings (SSSR count). The first-order valence-corrected chi connectivity index (χ1v) is 9.30. The van der Waals surface area contributed by atoms with E-state index in [1.807, 2.05) is 17.6 Å². The van der Waals surface area contributed by atoms with Gasteiger partial charge in [-0.2, -0.15) is 0 Å². The number of carbonyl (C=O) groups excluding carboxylic acids is 1. The van der Waals surface area contributed by atoms with Crippen molar-refractivity contribution in [1.82, 2.24) is 19.5 Å². The van der Waals surface area contributed by atoms with Crippen LogP contribution in [-0.4, -0.2) is 54.5 Å². The summed E-state index contributed by atoms with van der Waals surface area (Å²) in [5.74, 6) is -0.744. The highest BCUT2D eigenvalue weighted by atomic mass is 35.5. The number of fused-ring (bicyclic) bond motifs is 2. The molecule has 2 fully saturated rings. The third-order valence-electron chi connectivity index (χ3n) is 5.67. The zero-order chi connectivity index (χ0) is 19.5. The molecule has 144 valence electrons. The molecular formula is C19H17ClN4O4. The van der Waals surface area contributed by atoms with Gasteiger partial charge in [0.05, 0.1) is 11.9 Å². The van der Waals surface area contributed by atoms with Crippen LogP contribution in [0.1, 0.15) is 17.3 Å². The molecule has 3 aromatic rings. The van der Waals surface area contributed by atoms with Gasteiger partial charge in [0.2, 0.25) is 0 Å². The predicted octanol–water partition coefficient (Wildman–Crippen LogP) is 1.85. The predicted molar refractivity (Wildman–Crippen MR) is 98.8 cm³/mol. The van der Waals surface area contributed by atoms with Crippen LogP contribution in [0.2, 0.25) is 5.15 Å². The minimum Gasteiger partial charge on any atom is -0.455 e. The monoisotopic (exact) mass is 400 g/mol. The van der Waals surface area contributed by atoms with Gasteiger partial charge in [-0.05, 0) is 19.1 Å². The molecular weight excluding hydrogens is 384 g/mol. The van der Waals surface area contributed by atoms with Gasteiger partial charge in [0.15, 0.2) is 10.8 Å². The van der Waals surface area contributed by atoms with Gasteiger partial charge >= 0.3 is 5.97 Å². The van der Waals surface area contributed by atoms with Crippen molar-refractivity contribution in [3.05, 3.63) is 53.7 Å². The van der Waals surface area contributed by atoms with E-state index in [4.69, 9.17) is 21.1 Å². The summed E-state index contributed by atoms with van der Waals surface area (Å²) in [6.45, 7) is 2.32. The van der Waals surface area contributed by atoms with Crippen molar-refractivity contribution >= 4 is 28.7 Å². The number of aliphatic hydroxyl groups is 1. The summed E-state index contributed by atoms with van der Waals surface area (Å²) in [7, 11) is 0. The Balaban J connectivity index is 1.44. The van der Waals surface area contributed by atoms with Crippen LogP contribution in [-0.2, 0) is 16.0 Å². The SMILES string of the molecule is C[C@]12O[C@H]1[C@@H](O)[C@@H](OC(=O)c1ccccc1)[C@@H]2Cn1cnc2c(Cl)ncnc21. The minimum absolute atomic E-state index is 0.272. The molecule has 2 aliphatic rings. The molecule has 1 saturated heterocycles. The van der Waals surface area contributed by atoms with Gasteiger partial charge in [-0.1, -0.05) is 29.8 Å². The van der Waals surface area contributed by atoms with Gasteiger partial charge in [0, 0.05) is 12.5 Å². The summed E-state index contributed by atoms with van der Waals surface area (Å²) >= 11 is 6.08. The van der Waals surface area contributed by atoms with Crippen molar-refractivity contribution < 1.29 is 19.4 Å². The first-order valence-electron chi connectivity index (χ1n) is 8.92. The third-order valence-corrected chi connectivity index (χ3v) is 5.95. The number of hydrogen-bond donors (Lipinski definition) is 1. The fourth-order valence-electron chi connectivity index (χ4n) is 4.08. The molecule has 0 unspecified atom stereocenters. The number of halogens is 1. The number of aromatic nitrogens is 4. The van der Waals surface area contributed by atoms with Crippen LogP contribution in [0, 0.1) is 5.92 Å². The van der Waals surface area contributed by atoms with Crippen molar-refractivity contribution in [2.24, 2.45) is 5.92 Å². The van der Waals surface area contributed by atoms with E-state index in [2.05, 4.69) is 15.0 Å². The molecule has 0 spiro atoms. The van der Waals surface area contributed by atoms with Crippen LogP contribution in [0.15, 0.2) is 43.0 Å². The van der Waals surface area contributed by atoms with Crippen LogP contribution < -0.4 is 0 Å². The lowest BCUT2D eigenvalue weighted by Crippen LogP contribution is -2.39. The van der Waals surface area contributed by atoms with Crippen molar-refractivity contribution in [3.63, 3.8) is 0 Å². The molecule has 2 aromatic heterocycles. The van der Waals surface area contributed by atoms with Crippen molar-refractivity contribution in [1.29, 1.82) is 0 Å². The van der Waals surface area contributed by atoms with Crippen LogP contribution in [0.25, 0.3) is 11.2 Å². The lowest BCUT2D eigenvalue weighted by molar-refractivity contribution is -0.0616. The van der Waals surface area contributed by atoms with Gasteiger partial charge in [0.1, 0.15) is 35.8 Å². The largest absolute Gasteiger partial charge is 0.455 e. The second-order valence-electron chi connectivity index (χ2n) is 7.29. The highest BCUT2D eigenvalue weighted by molar-refractivity contribution is 6.33. The number of epoxide rings is 1. The fourth-order valence-corrected chi connectivity index (χ4v) is 4.26. The van der Waals surface area contributed by atoms with Crippen molar-refractivity contribution in [3.8, 4) is 0 Å². The van der Waals surface area contributed by atoms with E-state index in [0.29, 0.717) is 23.3 Å². The Kier molecular flexibility index (Phi) is 3.90. The number of carbonyl (C=O) groups is 1. The molecule has 1 N–H and O–H groups in total. The van der Waals surface area contributed by atoms with Gasteiger partial charge in [-0.25, -0.2) is 19.7 Å². The Morgan fingerprint density at radius 3 is 2.89 bits per heavy atom. The van der Waals surface area contributed by atoms with Crippen LogP contribution in [0.4, 0.5) is 0 Å². The summed E-state index contributed by atoms with van der Waals surface area (Å²) in [4.78, 5) is 25.0. The average molecular weight is 401 g/mol. The highest BCUT2D eigenvalue weighted by Crippen LogP contribution is 2.55. The molecule has 9 heteroatoms. The molecule has 8 nitrogen and oxygen atoms in total. The Hall–Kier alpha value is -2.55. The van der Waals surface area contributed by atoms with E-state index in [0.717, 1.165) is 0 Å². The Labute approximate surface area is 165 Å². The number of imidazole rings is 1.